The van der Waals surface area contributed by atoms with Crippen LogP contribution >= 0.6 is 0 Å². The summed E-state index contributed by atoms with van der Waals surface area (Å²) in [5, 5.41) is 4.30. The van der Waals surface area contributed by atoms with E-state index >= 15 is 0 Å². The van der Waals surface area contributed by atoms with Crippen LogP contribution in [0.15, 0.2) is 29.4 Å². The Kier molecular flexibility index (Phi) is 4.81. The van der Waals surface area contributed by atoms with E-state index in [1.807, 2.05) is 24.3 Å². The van der Waals surface area contributed by atoms with Gasteiger partial charge in [0.05, 0.1) is 0 Å². The maximum atomic E-state index is 12.1. The Labute approximate surface area is 127 Å². The second-order valence-electron chi connectivity index (χ2n) is 7.15. The minimum atomic E-state index is -0.124. The average molecular weight is 286 g/mol. The molecule has 1 aliphatic rings. The number of hydrogen-bond acceptors (Lipinski definition) is 2. The number of carbonyl (C=O) groups excluding carboxylic acids is 1. The number of amides is 1. The van der Waals surface area contributed by atoms with E-state index in [1.165, 1.54) is 18.4 Å². The van der Waals surface area contributed by atoms with Gasteiger partial charge in [-0.25, -0.2) is 5.43 Å². The van der Waals surface area contributed by atoms with Crippen molar-refractivity contribution in [1.82, 2.24) is 5.43 Å². The molecule has 3 nitrogen and oxygen atoms in total. The van der Waals surface area contributed by atoms with Crippen molar-refractivity contribution >= 4 is 11.6 Å². The average Bonchev–Trinajstić information content (AvgIpc) is 2.44. The van der Waals surface area contributed by atoms with Gasteiger partial charge < -0.3 is 0 Å². The molecule has 1 fully saturated rings. The van der Waals surface area contributed by atoms with E-state index in [2.05, 4.69) is 38.2 Å². The van der Waals surface area contributed by atoms with E-state index in [1.54, 1.807) is 0 Å². The number of hydrogen-bond donors (Lipinski definition) is 1. The summed E-state index contributed by atoms with van der Waals surface area (Å²) >= 11 is 0. The zero-order valence-corrected chi connectivity index (χ0v) is 13.6. The van der Waals surface area contributed by atoms with Gasteiger partial charge in [0.15, 0.2) is 0 Å². The molecule has 1 aromatic rings. The van der Waals surface area contributed by atoms with Gasteiger partial charge in [0, 0.05) is 11.3 Å². The minimum Gasteiger partial charge on any atom is -0.267 e. The predicted molar refractivity (Wildman–Crippen MR) is 87.7 cm³/mol. The third-order valence-corrected chi connectivity index (χ3v) is 4.08. The molecule has 1 saturated carbocycles. The summed E-state index contributed by atoms with van der Waals surface area (Å²) in [4.78, 5) is 12.1. The topological polar surface area (TPSA) is 41.5 Å². The molecule has 0 bridgehead atoms. The van der Waals surface area contributed by atoms with Gasteiger partial charge in [-0.2, -0.15) is 5.10 Å². The third kappa shape index (κ3) is 4.42. The smallest absolute Gasteiger partial charge is 0.267 e. The maximum absolute atomic E-state index is 12.1. The lowest BCUT2D eigenvalue weighted by Crippen LogP contribution is -2.22. The van der Waals surface area contributed by atoms with Crippen LogP contribution in [0.3, 0.4) is 0 Å². The first-order valence-corrected chi connectivity index (χ1v) is 7.82. The van der Waals surface area contributed by atoms with Gasteiger partial charge >= 0.3 is 0 Å². The Hall–Kier alpha value is -1.64. The Morgan fingerprint density at radius 2 is 1.90 bits per heavy atom. The monoisotopic (exact) mass is 286 g/mol. The number of rotatable bonds is 2. The van der Waals surface area contributed by atoms with Crippen molar-refractivity contribution < 1.29 is 4.79 Å². The summed E-state index contributed by atoms with van der Waals surface area (Å²) < 4.78 is 0. The first kappa shape index (κ1) is 15.7. The summed E-state index contributed by atoms with van der Waals surface area (Å²) in [6.45, 7) is 8.73. The molecule has 0 spiro atoms. The quantitative estimate of drug-likeness (QED) is 0.810. The third-order valence-electron chi connectivity index (χ3n) is 4.08. The fraction of sp³-hybridized carbons (Fsp3) is 0.556. The van der Waals surface area contributed by atoms with Crippen LogP contribution in [-0.4, -0.2) is 11.6 Å². The number of nitrogens with zero attached hydrogens (tertiary/aromatic N) is 1. The maximum Gasteiger partial charge on any atom is 0.271 e. The van der Waals surface area contributed by atoms with Crippen LogP contribution in [0, 0.1) is 5.92 Å². The Balaban J connectivity index is 1.99. The highest BCUT2D eigenvalue weighted by atomic mass is 16.2. The van der Waals surface area contributed by atoms with E-state index in [4.69, 9.17) is 0 Å². The number of carbonyl (C=O) groups is 1. The zero-order valence-electron chi connectivity index (χ0n) is 13.6. The molecule has 3 heteroatoms. The van der Waals surface area contributed by atoms with Crippen molar-refractivity contribution in [2.75, 3.05) is 0 Å². The lowest BCUT2D eigenvalue weighted by Gasteiger charge is -2.19. The summed E-state index contributed by atoms with van der Waals surface area (Å²) in [7, 11) is 0. The highest BCUT2D eigenvalue weighted by Gasteiger charge is 2.16. The molecule has 1 atom stereocenters. The molecule has 2 rings (SSSR count). The molecular formula is C18H26N2O. The molecule has 0 heterocycles. The number of nitrogens with one attached hydrogen (secondary N) is 1. The van der Waals surface area contributed by atoms with Crippen molar-refractivity contribution in [3.8, 4) is 0 Å². The number of benzene rings is 1. The van der Waals surface area contributed by atoms with Crippen molar-refractivity contribution in [1.29, 1.82) is 0 Å². The molecule has 0 aromatic heterocycles. The lowest BCUT2D eigenvalue weighted by molar-refractivity contribution is 0.0954. The second-order valence-corrected chi connectivity index (χ2v) is 7.15. The molecule has 1 N–H and O–H groups in total. The van der Waals surface area contributed by atoms with Crippen LogP contribution in [0.2, 0.25) is 0 Å². The van der Waals surface area contributed by atoms with E-state index in [-0.39, 0.29) is 11.3 Å². The van der Waals surface area contributed by atoms with Crippen LogP contribution in [0.25, 0.3) is 0 Å². The van der Waals surface area contributed by atoms with Gasteiger partial charge in [0.1, 0.15) is 0 Å². The predicted octanol–water partition coefficient (Wildman–Crippen LogP) is 4.28. The van der Waals surface area contributed by atoms with E-state index in [0.717, 1.165) is 18.6 Å². The van der Waals surface area contributed by atoms with Crippen LogP contribution in [0.4, 0.5) is 0 Å². The van der Waals surface area contributed by atoms with Gasteiger partial charge in [-0.15, -0.1) is 0 Å². The van der Waals surface area contributed by atoms with Gasteiger partial charge in [-0.1, -0.05) is 39.8 Å². The molecule has 21 heavy (non-hydrogen) atoms. The minimum absolute atomic E-state index is 0.105. The first-order valence-electron chi connectivity index (χ1n) is 7.82. The molecule has 114 valence electrons. The fourth-order valence-corrected chi connectivity index (χ4v) is 2.68. The molecule has 1 aromatic carbocycles. The Morgan fingerprint density at radius 1 is 1.24 bits per heavy atom. The Bertz CT molecular complexity index is 523. The van der Waals surface area contributed by atoms with Crippen LogP contribution in [-0.2, 0) is 5.41 Å². The normalized spacial score (nSPS) is 21.3. The molecule has 0 unspecified atom stereocenters. The van der Waals surface area contributed by atoms with Crippen molar-refractivity contribution in [2.24, 2.45) is 11.0 Å². The highest BCUT2D eigenvalue weighted by molar-refractivity contribution is 5.95. The van der Waals surface area contributed by atoms with Crippen LogP contribution in [0.5, 0.6) is 0 Å². The molecule has 0 aliphatic heterocycles. The summed E-state index contributed by atoms with van der Waals surface area (Å²) in [5.41, 5.74) is 5.81. The molecule has 0 radical (unpaired) electrons. The van der Waals surface area contributed by atoms with Crippen LogP contribution in [0.1, 0.15) is 69.3 Å². The summed E-state index contributed by atoms with van der Waals surface area (Å²) in [6, 6.07) is 7.79. The van der Waals surface area contributed by atoms with Crippen molar-refractivity contribution in [3.05, 3.63) is 35.4 Å². The summed E-state index contributed by atoms with van der Waals surface area (Å²) in [5.74, 6) is 0.557. The molecule has 1 aliphatic carbocycles. The standard InChI is InChI=1S/C18H26N2O/c1-13-6-5-7-16(12-13)19-20-17(21)14-8-10-15(11-9-14)18(2,3)4/h8-11,13H,5-7,12H2,1-4H3,(H,20,21)/b19-16-/t13-/m0/s1. The van der Waals surface area contributed by atoms with E-state index in [0.29, 0.717) is 11.5 Å². The number of hydrazone groups is 1. The molecule has 1 amide bonds. The van der Waals surface area contributed by atoms with Crippen LogP contribution < -0.4 is 5.43 Å². The SMILES string of the molecule is C[C@H]1CCC/C(=N/NC(=O)c2ccc(C(C)(C)C)cc2)C1. The van der Waals surface area contributed by atoms with Gasteiger partial charge in [0.2, 0.25) is 0 Å². The molecule has 0 saturated heterocycles. The van der Waals surface area contributed by atoms with E-state index in [9.17, 15) is 4.79 Å². The summed E-state index contributed by atoms with van der Waals surface area (Å²) in [6.07, 6.45) is 4.45. The van der Waals surface area contributed by atoms with Gasteiger partial charge in [-0.3, -0.25) is 4.79 Å². The second kappa shape index (κ2) is 6.42. The van der Waals surface area contributed by atoms with E-state index < -0.39 is 0 Å². The first-order chi connectivity index (χ1) is 9.86. The Morgan fingerprint density at radius 3 is 2.48 bits per heavy atom. The van der Waals surface area contributed by atoms with Crippen molar-refractivity contribution in [3.63, 3.8) is 0 Å². The van der Waals surface area contributed by atoms with Gasteiger partial charge in [-0.05, 0) is 54.7 Å². The molecular weight excluding hydrogens is 260 g/mol. The lowest BCUT2D eigenvalue weighted by atomic mass is 9.87. The highest BCUT2D eigenvalue weighted by Crippen LogP contribution is 2.22. The van der Waals surface area contributed by atoms with Crippen molar-refractivity contribution in [2.45, 2.75) is 58.8 Å². The van der Waals surface area contributed by atoms with Gasteiger partial charge in [0.25, 0.3) is 5.91 Å². The zero-order chi connectivity index (χ0) is 15.5. The largest absolute Gasteiger partial charge is 0.271 e. The fourth-order valence-electron chi connectivity index (χ4n) is 2.68.